The minimum absolute atomic E-state index is 0.178. The van der Waals surface area contributed by atoms with Crippen molar-refractivity contribution in [3.8, 4) is 0 Å². The summed E-state index contributed by atoms with van der Waals surface area (Å²) in [5, 5.41) is 54.9. The molecule has 90 heavy (non-hydrogen) atoms. The number of nitrogens with one attached hydrogen (secondary N) is 1. The lowest BCUT2D eigenvalue weighted by atomic mass is 9.99. The first kappa shape index (κ1) is 84.6. The van der Waals surface area contributed by atoms with Crippen LogP contribution in [0.3, 0.4) is 0 Å². The van der Waals surface area contributed by atoms with E-state index >= 15 is 0 Å². The van der Waals surface area contributed by atoms with Crippen LogP contribution < -0.4 is 5.32 Å². The second kappa shape index (κ2) is 68.4. The fraction of sp³-hybridized carbons (Fsp3) is 0.741. The Labute approximate surface area is 554 Å². The number of aliphatic hydroxyl groups excluding tert-OH is 5. The van der Waals surface area contributed by atoms with E-state index in [1.165, 1.54) is 212 Å². The molecule has 1 heterocycles. The molecule has 0 aromatic carbocycles. The maximum Gasteiger partial charge on any atom is 0.220 e. The number of rotatable bonds is 65. The molecule has 7 unspecified atom stereocenters. The Hall–Kier alpha value is -3.41. The van der Waals surface area contributed by atoms with Gasteiger partial charge in [0.05, 0.1) is 25.4 Å². The van der Waals surface area contributed by atoms with Crippen LogP contribution in [0.25, 0.3) is 0 Å². The predicted octanol–water partition coefficient (Wildman–Crippen LogP) is 21.4. The lowest BCUT2D eigenvalue weighted by Crippen LogP contribution is -2.60. The van der Waals surface area contributed by atoms with E-state index in [1.807, 2.05) is 6.08 Å². The minimum atomic E-state index is -1.57. The monoisotopic (exact) mass is 1260 g/mol. The van der Waals surface area contributed by atoms with E-state index in [2.05, 4.69) is 129 Å². The second-order valence-electron chi connectivity index (χ2n) is 25.7. The molecule has 0 spiro atoms. The smallest absolute Gasteiger partial charge is 0.220 e. The lowest BCUT2D eigenvalue weighted by Gasteiger charge is -2.40. The number of ether oxygens (including phenoxy) is 2. The Bertz CT molecular complexity index is 1840. The summed E-state index contributed by atoms with van der Waals surface area (Å²) >= 11 is 0. The fourth-order valence-corrected chi connectivity index (χ4v) is 11.4. The molecular formula is C81H141NO8. The molecule has 0 radical (unpaired) electrons. The first-order valence-corrected chi connectivity index (χ1v) is 37.8. The molecule has 7 atom stereocenters. The highest BCUT2D eigenvalue weighted by molar-refractivity contribution is 5.76. The Morgan fingerprint density at radius 1 is 0.389 bits per heavy atom. The Morgan fingerprint density at radius 2 is 0.689 bits per heavy atom. The van der Waals surface area contributed by atoms with Crippen LogP contribution in [0.5, 0.6) is 0 Å². The molecule has 1 amide bonds. The molecule has 0 aromatic heterocycles. The highest BCUT2D eigenvalue weighted by Crippen LogP contribution is 2.23. The van der Waals surface area contributed by atoms with E-state index in [0.29, 0.717) is 6.42 Å². The molecule has 518 valence electrons. The highest BCUT2D eigenvalue weighted by atomic mass is 16.7. The summed E-state index contributed by atoms with van der Waals surface area (Å²) in [6.07, 6.45) is 96.0. The average molecular weight is 1260 g/mol. The molecule has 1 rings (SSSR count). The van der Waals surface area contributed by atoms with Gasteiger partial charge in [0.2, 0.25) is 5.91 Å². The summed E-state index contributed by atoms with van der Waals surface area (Å²) in [6.45, 7) is 3.70. The molecule has 0 saturated carbocycles. The van der Waals surface area contributed by atoms with Gasteiger partial charge >= 0.3 is 0 Å². The summed E-state index contributed by atoms with van der Waals surface area (Å²) < 4.78 is 11.3. The molecule has 0 bridgehead atoms. The quantitative estimate of drug-likeness (QED) is 0.0261. The first-order chi connectivity index (χ1) is 44.3. The van der Waals surface area contributed by atoms with Gasteiger partial charge in [0, 0.05) is 6.42 Å². The van der Waals surface area contributed by atoms with Gasteiger partial charge in [-0.1, -0.05) is 354 Å². The third kappa shape index (κ3) is 56.2. The van der Waals surface area contributed by atoms with Crippen LogP contribution in [0.15, 0.2) is 122 Å². The average Bonchev–Trinajstić information content (AvgIpc) is 1.28. The van der Waals surface area contributed by atoms with Crippen molar-refractivity contribution >= 4 is 5.91 Å². The first-order valence-electron chi connectivity index (χ1n) is 37.8. The van der Waals surface area contributed by atoms with Gasteiger partial charge in [0.1, 0.15) is 24.4 Å². The summed E-state index contributed by atoms with van der Waals surface area (Å²) in [6, 6.07) is -0.814. The largest absolute Gasteiger partial charge is 0.394 e. The standard InChI is InChI=1S/C81H141NO8/c1-3-5-7-9-11-13-15-17-19-21-23-25-27-29-31-32-33-34-35-36-37-38-39-40-41-42-43-44-45-47-49-51-53-55-57-59-61-63-65-67-69-71-77(85)82-74(73-89-81-80(88)79(87)78(86)76(72-83)90-81)75(84)70-68-66-64-62-60-58-56-54-52-50-48-46-30-28-26-24-22-20-18-16-14-12-10-8-6-4-2/h5,7,11,13,17,19,23,25,29,31,33-34,36-37,39-40,42-43,68,70,74-76,78-81,83-84,86-88H,3-4,6,8-10,12,14-16,18,20-22,24,26-28,30,32,35,38,41,44-67,69,71-73H2,1-2H3,(H,82,85)/b7-5-,13-11-,19-17-,25-23-,31-29-,34-33-,37-36-,40-39-,43-42-,70-68+. The van der Waals surface area contributed by atoms with E-state index in [0.717, 1.165) is 96.3 Å². The van der Waals surface area contributed by atoms with Gasteiger partial charge in [-0.15, -0.1) is 0 Å². The van der Waals surface area contributed by atoms with Crippen molar-refractivity contribution in [1.29, 1.82) is 0 Å². The zero-order chi connectivity index (χ0) is 64.9. The van der Waals surface area contributed by atoms with Crippen LogP contribution in [0.1, 0.15) is 328 Å². The zero-order valence-electron chi connectivity index (χ0n) is 58.1. The number of aliphatic hydroxyl groups is 5. The summed E-state index contributed by atoms with van der Waals surface area (Å²) in [7, 11) is 0. The molecule has 1 aliphatic heterocycles. The number of amides is 1. The van der Waals surface area contributed by atoms with E-state index in [4.69, 9.17) is 9.47 Å². The van der Waals surface area contributed by atoms with Crippen LogP contribution >= 0.6 is 0 Å². The van der Waals surface area contributed by atoms with Crippen LogP contribution in [0.4, 0.5) is 0 Å². The lowest BCUT2D eigenvalue weighted by molar-refractivity contribution is -0.302. The molecular weight excluding hydrogens is 1110 g/mol. The van der Waals surface area contributed by atoms with E-state index in [9.17, 15) is 30.3 Å². The minimum Gasteiger partial charge on any atom is -0.394 e. The Balaban J connectivity index is 2.11. The number of unbranched alkanes of at least 4 members (excludes halogenated alkanes) is 37. The Morgan fingerprint density at radius 3 is 1.02 bits per heavy atom. The maximum atomic E-state index is 13.2. The van der Waals surface area contributed by atoms with Crippen molar-refractivity contribution in [2.45, 2.75) is 371 Å². The number of allylic oxidation sites excluding steroid dienone is 19. The second-order valence-corrected chi connectivity index (χ2v) is 25.7. The predicted molar refractivity (Wildman–Crippen MR) is 387 cm³/mol. The van der Waals surface area contributed by atoms with Crippen molar-refractivity contribution in [2.75, 3.05) is 13.2 Å². The van der Waals surface area contributed by atoms with Crippen LogP contribution in [0, 0.1) is 0 Å². The van der Waals surface area contributed by atoms with Crippen molar-refractivity contribution < 1.29 is 39.8 Å². The molecule has 0 aromatic rings. The normalized spacial score (nSPS) is 18.5. The van der Waals surface area contributed by atoms with E-state index < -0.39 is 49.5 Å². The maximum absolute atomic E-state index is 13.2. The van der Waals surface area contributed by atoms with Crippen molar-refractivity contribution in [3.63, 3.8) is 0 Å². The van der Waals surface area contributed by atoms with Gasteiger partial charge in [0.15, 0.2) is 6.29 Å². The van der Waals surface area contributed by atoms with Gasteiger partial charge in [0.25, 0.3) is 0 Å². The van der Waals surface area contributed by atoms with Gasteiger partial charge < -0.3 is 40.3 Å². The topological polar surface area (TPSA) is 149 Å². The molecule has 9 nitrogen and oxygen atoms in total. The highest BCUT2D eigenvalue weighted by Gasteiger charge is 2.44. The third-order valence-corrected chi connectivity index (χ3v) is 17.3. The molecule has 1 fully saturated rings. The van der Waals surface area contributed by atoms with Crippen molar-refractivity contribution in [3.05, 3.63) is 122 Å². The van der Waals surface area contributed by atoms with Crippen LogP contribution in [-0.2, 0) is 14.3 Å². The summed E-state index contributed by atoms with van der Waals surface area (Å²) in [5.41, 5.74) is 0. The van der Waals surface area contributed by atoms with Gasteiger partial charge in [-0.2, -0.15) is 0 Å². The molecule has 1 aliphatic rings. The molecule has 1 saturated heterocycles. The Kier molecular flexibility index (Phi) is 64.3. The number of hydrogen-bond acceptors (Lipinski definition) is 8. The van der Waals surface area contributed by atoms with Crippen molar-refractivity contribution in [2.24, 2.45) is 0 Å². The van der Waals surface area contributed by atoms with E-state index in [1.54, 1.807) is 6.08 Å². The third-order valence-electron chi connectivity index (χ3n) is 17.3. The van der Waals surface area contributed by atoms with E-state index in [-0.39, 0.29) is 12.5 Å². The van der Waals surface area contributed by atoms with Gasteiger partial charge in [-0.3, -0.25) is 4.79 Å². The van der Waals surface area contributed by atoms with Crippen LogP contribution in [-0.4, -0.2) is 87.5 Å². The number of hydrogen-bond donors (Lipinski definition) is 6. The zero-order valence-corrected chi connectivity index (χ0v) is 58.1. The number of carbonyl (C=O) groups is 1. The molecule has 6 N–H and O–H groups in total. The SMILES string of the molecule is CC/C=C\C/C=C\C/C=C\C/C=C\C/C=C\C/C=C\C/C=C\C/C=C\C/C=C\CCCCCCCCCCCCCCCC(=O)NC(COC1OC(CO)C(O)C(O)C1O)C(O)/C=C/CCCCCCCCCCCCCCCCCCCCCCCCCC. The molecule has 9 heteroatoms. The van der Waals surface area contributed by atoms with Crippen molar-refractivity contribution in [1.82, 2.24) is 5.32 Å². The summed E-state index contributed by atoms with van der Waals surface area (Å²) in [4.78, 5) is 13.2. The summed E-state index contributed by atoms with van der Waals surface area (Å²) in [5.74, 6) is -0.178. The fourth-order valence-electron chi connectivity index (χ4n) is 11.4. The van der Waals surface area contributed by atoms with Gasteiger partial charge in [-0.25, -0.2) is 0 Å². The van der Waals surface area contributed by atoms with Gasteiger partial charge in [-0.05, 0) is 89.9 Å². The number of carbonyl (C=O) groups excluding carboxylic acids is 1. The van der Waals surface area contributed by atoms with Crippen LogP contribution in [0.2, 0.25) is 0 Å². The molecule has 0 aliphatic carbocycles.